The fourth-order valence-corrected chi connectivity index (χ4v) is 2.68. The lowest BCUT2D eigenvalue weighted by atomic mass is 9.74. The highest BCUT2D eigenvalue weighted by atomic mass is 19.4. The Hall–Kier alpha value is -1.01. The van der Waals surface area contributed by atoms with Crippen molar-refractivity contribution in [1.82, 2.24) is 0 Å². The van der Waals surface area contributed by atoms with Crippen molar-refractivity contribution in [3.05, 3.63) is 29.3 Å². The molecule has 1 aliphatic heterocycles. The molecule has 120 valence electrons. The number of benzene rings is 1. The van der Waals surface area contributed by atoms with E-state index in [-0.39, 0.29) is 5.92 Å². The van der Waals surface area contributed by atoms with Crippen LogP contribution in [0.4, 0.5) is 13.2 Å². The molecule has 0 unspecified atom stereocenters. The number of hydrogen-bond acceptors (Lipinski definition) is 2. The third-order valence-electron chi connectivity index (χ3n) is 4.94. The molecule has 1 saturated heterocycles. The summed E-state index contributed by atoms with van der Waals surface area (Å²) in [5, 5.41) is 0. The van der Waals surface area contributed by atoms with Gasteiger partial charge in [0.25, 0.3) is 0 Å². The van der Waals surface area contributed by atoms with Crippen molar-refractivity contribution < 1.29 is 22.5 Å². The lowest BCUT2D eigenvalue weighted by molar-refractivity contribution is -0.137. The fraction of sp³-hybridized carbons (Fsp3) is 0.625. The van der Waals surface area contributed by atoms with E-state index in [1.165, 1.54) is 12.1 Å². The van der Waals surface area contributed by atoms with E-state index < -0.39 is 30.1 Å². The summed E-state index contributed by atoms with van der Waals surface area (Å²) in [6.45, 7) is 7.75. The van der Waals surface area contributed by atoms with Gasteiger partial charge in [-0.05, 0) is 63.5 Å². The molecule has 1 heterocycles. The number of hydrogen-bond donors (Lipinski definition) is 0. The van der Waals surface area contributed by atoms with Crippen LogP contribution in [0.5, 0.6) is 0 Å². The lowest BCUT2D eigenvalue weighted by Crippen LogP contribution is -2.41. The van der Waals surface area contributed by atoms with E-state index in [0.717, 1.165) is 24.4 Å². The normalized spacial score (nSPS) is 23.9. The summed E-state index contributed by atoms with van der Waals surface area (Å²) >= 11 is 0. The average molecular weight is 312 g/mol. The van der Waals surface area contributed by atoms with E-state index in [1.807, 2.05) is 27.7 Å². The molecular weight excluding hydrogens is 292 g/mol. The molecule has 0 amide bonds. The topological polar surface area (TPSA) is 18.5 Å². The number of halogens is 3. The van der Waals surface area contributed by atoms with Gasteiger partial charge in [0.05, 0.1) is 16.8 Å². The van der Waals surface area contributed by atoms with Crippen LogP contribution in [0.2, 0.25) is 0 Å². The van der Waals surface area contributed by atoms with Crippen LogP contribution in [0.15, 0.2) is 18.2 Å². The van der Waals surface area contributed by atoms with Gasteiger partial charge in [0.15, 0.2) is 0 Å². The molecule has 2 aliphatic rings. The van der Waals surface area contributed by atoms with E-state index in [1.54, 1.807) is 0 Å². The summed E-state index contributed by atoms with van der Waals surface area (Å²) in [6, 6.07) is 3.89. The predicted octanol–water partition coefficient (Wildman–Crippen LogP) is 3.88. The largest absolute Gasteiger partial charge is 0.495 e. The monoisotopic (exact) mass is 312 g/mol. The summed E-state index contributed by atoms with van der Waals surface area (Å²) in [6.07, 6.45) is -2.47. The van der Waals surface area contributed by atoms with Crippen LogP contribution < -0.4 is 5.46 Å². The van der Waals surface area contributed by atoms with Crippen LogP contribution in [0.1, 0.15) is 57.6 Å². The van der Waals surface area contributed by atoms with Gasteiger partial charge in [0, 0.05) is 0 Å². The van der Waals surface area contributed by atoms with Crippen molar-refractivity contribution in [3.63, 3.8) is 0 Å². The van der Waals surface area contributed by atoms with E-state index in [0.29, 0.717) is 5.56 Å². The first-order chi connectivity index (χ1) is 10.0. The second kappa shape index (κ2) is 4.74. The van der Waals surface area contributed by atoms with Crippen molar-refractivity contribution in [1.29, 1.82) is 0 Å². The van der Waals surface area contributed by atoms with Crippen LogP contribution in [0.3, 0.4) is 0 Å². The van der Waals surface area contributed by atoms with Gasteiger partial charge in [-0.15, -0.1) is 0 Å². The molecule has 0 atom stereocenters. The maximum atomic E-state index is 12.9. The minimum atomic E-state index is -4.32. The Bertz CT molecular complexity index is 576. The van der Waals surface area contributed by atoms with Crippen molar-refractivity contribution in [2.24, 2.45) is 0 Å². The molecule has 1 aliphatic carbocycles. The second-order valence-corrected chi connectivity index (χ2v) is 7.20. The molecule has 3 rings (SSSR count). The van der Waals surface area contributed by atoms with Gasteiger partial charge >= 0.3 is 13.3 Å². The zero-order valence-corrected chi connectivity index (χ0v) is 13.3. The standard InChI is InChI=1S/C16H20BF3O2/c1-14(2)15(3,4)22-17(21-14)13-8-7-11(16(18,19)20)9-12(13)10-5-6-10/h7-10H,5-6H2,1-4H3. The molecule has 22 heavy (non-hydrogen) atoms. The summed E-state index contributed by atoms with van der Waals surface area (Å²) in [5.41, 5.74) is -0.153. The number of alkyl halides is 3. The molecular formula is C16H20BF3O2. The molecule has 1 aromatic rings. The van der Waals surface area contributed by atoms with Gasteiger partial charge in [-0.2, -0.15) is 13.2 Å². The molecule has 0 radical (unpaired) electrons. The Morgan fingerprint density at radius 3 is 2.05 bits per heavy atom. The molecule has 0 bridgehead atoms. The maximum absolute atomic E-state index is 12.9. The Balaban J connectivity index is 1.98. The van der Waals surface area contributed by atoms with Crippen LogP contribution >= 0.6 is 0 Å². The summed E-state index contributed by atoms with van der Waals surface area (Å²) < 4.78 is 50.8. The quantitative estimate of drug-likeness (QED) is 0.772. The summed E-state index contributed by atoms with van der Waals surface area (Å²) in [7, 11) is -0.608. The Kier molecular flexibility index (Phi) is 3.42. The van der Waals surface area contributed by atoms with Crippen LogP contribution in [0, 0.1) is 0 Å². The Morgan fingerprint density at radius 2 is 1.59 bits per heavy atom. The minimum Gasteiger partial charge on any atom is -0.399 e. The minimum absolute atomic E-state index is 0.191. The smallest absolute Gasteiger partial charge is 0.399 e. The zero-order valence-electron chi connectivity index (χ0n) is 13.3. The second-order valence-electron chi connectivity index (χ2n) is 7.20. The van der Waals surface area contributed by atoms with E-state index in [4.69, 9.17) is 9.31 Å². The van der Waals surface area contributed by atoms with E-state index in [9.17, 15) is 13.2 Å². The van der Waals surface area contributed by atoms with Gasteiger partial charge in [-0.1, -0.05) is 12.1 Å². The molecule has 2 fully saturated rings. The van der Waals surface area contributed by atoms with E-state index >= 15 is 0 Å². The highest BCUT2D eigenvalue weighted by Crippen LogP contribution is 2.43. The molecule has 0 N–H and O–H groups in total. The molecule has 1 saturated carbocycles. The van der Waals surface area contributed by atoms with Crippen molar-refractivity contribution in [2.45, 2.75) is 63.8 Å². The zero-order chi connectivity index (χ0) is 16.3. The van der Waals surface area contributed by atoms with Crippen molar-refractivity contribution in [2.75, 3.05) is 0 Å². The van der Waals surface area contributed by atoms with Crippen LogP contribution in [-0.4, -0.2) is 18.3 Å². The summed E-state index contributed by atoms with van der Waals surface area (Å²) in [5.74, 6) is 0.191. The van der Waals surface area contributed by atoms with Gasteiger partial charge < -0.3 is 9.31 Å². The van der Waals surface area contributed by atoms with Crippen molar-refractivity contribution in [3.8, 4) is 0 Å². The van der Waals surface area contributed by atoms with Gasteiger partial charge in [-0.3, -0.25) is 0 Å². The molecule has 2 nitrogen and oxygen atoms in total. The average Bonchev–Trinajstić information content (AvgIpc) is 3.16. The van der Waals surface area contributed by atoms with Crippen molar-refractivity contribution >= 4 is 12.6 Å². The fourth-order valence-electron chi connectivity index (χ4n) is 2.68. The molecule has 6 heteroatoms. The third kappa shape index (κ3) is 2.67. The first-order valence-corrected chi connectivity index (χ1v) is 7.58. The van der Waals surface area contributed by atoms with Crippen LogP contribution in [0.25, 0.3) is 0 Å². The van der Waals surface area contributed by atoms with Gasteiger partial charge in [0.1, 0.15) is 0 Å². The highest BCUT2D eigenvalue weighted by Gasteiger charge is 2.52. The first kappa shape index (κ1) is 15.9. The number of rotatable bonds is 2. The molecule has 0 spiro atoms. The van der Waals surface area contributed by atoms with E-state index in [2.05, 4.69) is 0 Å². The Morgan fingerprint density at radius 1 is 1.05 bits per heavy atom. The molecule has 0 aromatic heterocycles. The van der Waals surface area contributed by atoms with Crippen LogP contribution in [-0.2, 0) is 15.5 Å². The van der Waals surface area contributed by atoms with Gasteiger partial charge in [-0.25, -0.2) is 0 Å². The third-order valence-corrected chi connectivity index (χ3v) is 4.94. The first-order valence-electron chi connectivity index (χ1n) is 7.58. The predicted molar refractivity (Wildman–Crippen MR) is 79.1 cm³/mol. The Labute approximate surface area is 129 Å². The lowest BCUT2D eigenvalue weighted by Gasteiger charge is -2.32. The van der Waals surface area contributed by atoms with Gasteiger partial charge in [0.2, 0.25) is 0 Å². The SMILES string of the molecule is CC1(C)OB(c2ccc(C(F)(F)F)cc2C2CC2)OC1(C)C. The maximum Gasteiger partial charge on any atom is 0.495 e. The highest BCUT2D eigenvalue weighted by molar-refractivity contribution is 6.62. The summed E-state index contributed by atoms with van der Waals surface area (Å²) in [4.78, 5) is 0. The molecule has 1 aromatic carbocycles.